The van der Waals surface area contributed by atoms with Crippen LogP contribution >= 0.6 is 0 Å². The van der Waals surface area contributed by atoms with Gasteiger partial charge in [-0.3, -0.25) is 4.79 Å². The molecule has 0 aromatic heterocycles. The van der Waals surface area contributed by atoms with E-state index < -0.39 is 0 Å². The van der Waals surface area contributed by atoms with Crippen LogP contribution in [0.1, 0.15) is 65.0 Å². The molecule has 1 aromatic carbocycles. The number of hydrogen-bond donors (Lipinski definition) is 2. The Balaban J connectivity index is 1.68. The highest BCUT2D eigenvalue weighted by Crippen LogP contribution is 2.70. The van der Waals surface area contributed by atoms with Crippen LogP contribution in [0.5, 0.6) is 11.5 Å². The van der Waals surface area contributed by atoms with E-state index in [-0.39, 0.29) is 40.6 Å². The molecule has 2 aliphatic carbocycles. The zero-order chi connectivity index (χ0) is 21.0. The number of nitrogens with one attached hydrogen (secondary N) is 1. The first-order chi connectivity index (χ1) is 13.7. The van der Waals surface area contributed by atoms with E-state index in [1.807, 2.05) is 12.1 Å². The Morgan fingerprint density at radius 2 is 2.14 bits per heavy atom. The zero-order valence-corrected chi connectivity index (χ0v) is 18.3. The second kappa shape index (κ2) is 7.19. The summed E-state index contributed by atoms with van der Waals surface area (Å²) in [7, 11) is 1.57. The predicted octanol–water partition coefficient (Wildman–Crippen LogP) is 4.45. The molecule has 1 amide bonds. The van der Waals surface area contributed by atoms with Gasteiger partial charge in [-0.2, -0.15) is 0 Å². The van der Waals surface area contributed by atoms with Gasteiger partial charge in [0.05, 0.1) is 13.2 Å². The summed E-state index contributed by atoms with van der Waals surface area (Å²) in [5.74, 6) is 2.01. The van der Waals surface area contributed by atoms with Crippen LogP contribution in [0.25, 0.3) is 0 Å². The Kier molecular flexibility index (Phi) is 5.09. The quantitative estimate of drug-likeness (QED) is 0.765. The molecule has 1 saturated heterocycles. The maximum absolute atomic E-state index is 12.7. The predicted molar refractivity (Wildman–Crippen MR) is 112 cm³/mol. The number of phenols is 1. The van der Waals surface area contributed by atoms with Crippen molar-refractivity contribution in [3.05, 3.63) is 23.8 Å². The van der Waals surface area contributed by atoms with E-state index in [9.17, 15) is 9.90 Å². The van der Waals surface area contributed by atoms with Crippen molar-refractivity contribution in [1.29, 1.82) is 0 Å². The molecule has 1 unspecified atom stereocenters. The fraction of sp³-hybridized carbons (Fsp3) is 0.708. The van der Waals surface area contributed by atoms with Crippen molar-refractivity contribution in [3.8, 4) is 11.5 Å². The molecule has 2 N–H and O–H groups in total. The normalized spacial score (nSPS) is 34.8. The molecule has 2 saturated carbocycles. The number of phenolic OH excluding ortho intramolecular Hbond substituents is 1. The first kappa shape index (κ1) is 20.5. The third kappa shape index (κ3) is 3.13. The van der Waals surface area contributed by atoms with Crippen molar-refractivity contribution in [2.45, 2.75) is 65.5 Å². The maximum atomic E-state index is 12.7. The van der Waals surface area contributed by atoms with Gasteiger partial charge in [-0.25, -0.2) is 0 Å². The molecule has 160 valence electrons. The molecule has 1 heterocycles. The van der Waals surface area contributed by atoms with Gasteiger partial charge >= 0.3 is 0 Å². The summed E-state index contributed by atoms with van der Waals surface area (Å²) in [5, 5.41) is 14.2. The summed E-state index contributed by atoms with van der Waals surface area (Å²) in [5.41, 5.74) is 0.909. The zero-order valence-electron chi connectivity index (χ0n) is 18.3. The molecule has 3 fully saturated rings. The Morgan fingerprint density at radius 3 is 2.83 bits per heavy atom. The number of methoxy groups -OCH3 is 1. The van der Waals surface area contributed by atoms with Crippen molar-refractivity contribution >= 4 is 5.91 Å². The van der Waals surface area contributed by atoms with Gasteiger partial charge in [0.1, 0.15) is 0 Å². The Bertz CT molecular complexity index is 789. The van der Waals surface area contributed by atoms with Crippen LogP contribution in [0.2, 0.25) is 0 Å². The molecule has 4 rings (SSSR count). The molecule has 5 nitrogen and oxygen atoms in total. The van der Waals surface area contributed by atoms with Crippen molar-refractivity contribution in [2.24, 2.45) is 28.6 Å². The van der Waals surface area contributed by atoms with Crippen molar-refractivity contribution in [3.63, 3.8) is 0 Å². The third-order valence-corrected chi connectivity index (χ3v) is 7.96. The van der Waals surface area contributed by atoms with Gasteiger partial charge in [0.25, 0.3) is 0 Å². The summed E-state index contributed by atoms with van der Waals surface area (Å²) in [6, 6.07) is 5.78. The number of ether oxygens (including phenoxy) is 2. The number of amides is 1. The van der Waals surface area contributed by atoms with Gasteiger partial charge in [-0.15, -0.1) is 0 Å². The van der Waals surface area contributed by atoms with Crippen LogP contribution in [0.4, 0.5) is 0 Å². The third-order valence-electron chi connectivity index (χ3n) is 7.96. The van der Waals surface area contributed by atoms with Crippen LogP contribution in [0.15, 0.2) is 18.2 Å². The van der Waals surface area contributed by atoms with Gasteiger partial charge in [0, 0.05) is 24.6 Å². The highest BCUT2D eigenvalue weighted by Gasteiger charge is 2.68. The number of aromatic hydroxyl groups is 1. The molecular formula is C24H35NO4. The molecule has 3 aliphatic rings. The van der Waals surface area contributed by atoms with E-state index in [2.05, 4.69) is 33.0 Å². The minimum absolute atomic E-state index is 0.0270. The first-order valence-corrected chi connectivity index (χ1v) is 11.0. The minimum Gasteiger partial charge on any atom is -0.504 e. The lowest BCUT2D eigenvalue weighted by Gasteiger charge is -2.53. The van der Waals surface area contributed by atoms with E-state index in [1.54, 1.807) is 13.2 Å². The number of hydrogen-bond acceptors (Lipinski definition) is 4. The lowest BCUT2D eigenvalue weighted by Crippen LogP contribution is -2.59. The SMILES string of the molecule is COc1cccc([C@H]2OCCC34C[C@@H](C[C@H]23)C(C)(C)[C@@H]4NC(=O)CC(C)C)c1O. The van der Waals surface area contributed by atoms with Crippen LogP contribution in [0.3, 0.4) is 0 Å². The van der Waals surface area contributed by atoms with Crippen LogP contribution in [-0.2, 0) is 9.53 Å². The molecule has 5 heteroatoms. The summed E-state index contributed by atoms with van der Waals surface area (Å²) in [6.07, 6.45) is 3.57. The number of fused-ring (bicyclic) bond motifs is 1. The Labute approximate surface area is 174 Å². The number of para-hydroxylation sites is 1. The molecule has 1 spiro atoms. The fourth-order valence-electron chi connectivity index (χ4n) is 6.62. The van der Waals surface area contributed by atoms with E-state index in [1.165, 1.54) is 0 Å². The topological polar surface area (TPSA) is 67.8 Å². The molecule has 1 aliphatic heterocycles. The van der Waals surface area contributed by atoms with E-state index in [0.717, 1.165) is 24.8 Å². The molecule has 1 aromatic rings. The van der Waals surface area contributed by atoms with Gasteiger partial charge in [-0.1, -0.05) is 39.8 Å². The first-order valence-electron chi connectivity index (χ1n) is 11.0. The average molecular weight is 402 g/mol. The summed E-state index contributed by atoms with van der Waals surface area (Å²) in [4.78, 5) is 12.7. The number of carbonyl (C=O) groups excluding carboxylic acids is 1. The monoisotopic (exact) mass is 401 g/mol. The van der Waals surface area contributed by atoms with Crippen molar-refractivity contribution < 1.29 is 19.4 Å². The lowest BCUT2D eigenvalue weighted by atomic mass is 9.58. The van der Waals surface area contributed by atoms with Gasteiger partial charge in [-0.05, 0) is 53.9 Å². The molecular weight excluding hydrogens is 366 g/mol. The summed E-state index contributed by atoms with van der Waals surface area (Å²) >= 11 is 0. The number of rotatable bonds is 5. The molecule has 2 bridgehead atoms. The van der Waals surface area contributed by atoms with Crippen molar-refractivity contribution in [2.75, 3.05) is 13.7 Å². The van der Waals surface area contributed by atoms with Crippen LogP contribution in [-0.4, -0.2) is 30.8 Å². The Morgan fingerprint density at radius 1 is 1.38 bits per heavy atom. The average Bonchev–Trinajstić information content (AvgIpc) is 3.14. The second-order valence-corrected chi connectivity index (χ2v) is 10.3. The van der Waals surface area contributed by atoms with Crippen LogP contribution < -0.4 is 10.1 Å². The molecule has 0 radical (unpaired) electrons. The lowest BCUT2D eigenvalue weighted by molar-refractivity contribution is -0.138. The van der Waals surface area contributed by atoms with Crippen LogP contribution in [0, 0.1) is 28.6 Å². The smallest absolute Gasteiger partial charge is 0.220 e. The molecule has 5 atom stereocenters. The highest BCUT2D eigenvalue weighted by atomic mass is 16.5. The number of carbonyl (C=O) groups is 1. The Hall–Kier alpha value is -1.75. The summed E-state index contributed by atoms with van der Waals surface area (Å²) < 4.78 is 11.6. The van der Waals surface area contributed by atoms with Gasteiger partial charge < -0.3 is 19.9 Å². The van der Waals surface area contributed by atoms with Gasteiger partial charge in [0.2, 0.25) is 5.91 Å². The number of benzene rings is 1. The fourth-order valence-corrected chi connectivity index (χ4v) is 6.62. The molecule has 29 heavy (non-hydrogen) atoms. The van der Waals surface area contributed by atoms with Gasteiger partial charge in [0.15, 0.2) is 11.5 Å². The van der Waals surface area contributed by atoms with Crippen molar-refractivity contribution in [1.82, 2.24) is 5.32 Å². The maximum Gasteiger partial charge on any atom is 0.220 e. The minimum atomic E-state index is -0.163. The summed E-state index contributed by atoms with van der Waals surface area (Å²) in [6.45, 7) is 9.45. The van der Waals surface area contributed by atoms with E-state index >= 15 is 0 Å². The standard InChI is InChI=1S/C24H35NO4/c1-14(2)11-19(26)25-22-23(3,4)15-12-17-21(29-10-9-24(17,22)13-15)16-7-6-8-18(28-5)20(16)27/h6-8,14-15,17,21-22,27H,9-13H2,1-5H3,(H,25,26)/t15-,17-,21-,22+,24?/m1/s1. The van der Waals surface area contributed by atoms with E-state index in [4.69, 9.17) is 9.47 Å². The van der Waals surface area contributed by atoms with E-state index in [0.29, 0.717) is 30.6 Å². The largest absolute Gasteiger partial charge is 0.504 e. The second-order valence-electron chi connectivity index (χ2n) is 10.3. The highest BCUT2D eigenvalue weighted by molar-refractivity contribution is 5.76.